The number of benzene rings is 2. The monoisotopic (exact) mass is 444 g/mol. The molecule has 1 saturated carbocycles. The van der Waals surface area contributed by atoms with Gasteiger partial charge in [-0.3, -0.25) is 9.59 Å². The predicted molar refractivity (Wildman–Crippen MR) is 130 cm³/mol. The van der Waals surface area contributed by atoms with Crippen molar-refractivity contribution < 1.29 is 14.0 Å². The third-order valence-corrected chi connectivity index (χ3v) is 6.92. The smallest absolute Gasteiger partial charge is 0.255 e. The van der Waals surface area contributed by atoms with E-state index >= 15 is 0 Å². The summed E-state index contributed by atoms with van der Waals surface area (Å²) in [5.74, 6) is 0.904. The lowest BCUT2D eigenvalue weighted by molar-refractivity contribution is -0.130. The second-order valence-corrected chi connectivity index (χ2v) is 9.27. The van der Waals surface area contributed by atoms with Crippen LogP contribution >= 0.6 is 0 Å². The average Bonchev–Trinajstić information content (AvgIpc) is 3.34. The molecule has 1 aliphatic carbocycles. The number of para-hydroxylation sites is 1. The van der Waals surface area contributed by atoms with E-state index in [1.54, 1.807) is 23.3 Å². The lowest BCUT2D eigenvalue weighted by Gasteiger charge is -2.46. The SMILES string of the molecule is Cc1cccc(C)c1NC(=O)C1(N(Cc2ccco2)C(=O)c2ccccc2)CCC(C)CC1. The Morgan fingerprint density at radius 2 is 1.64 bits per heavy atom. The minimum Gasteiger partial charge on any atom is -0.467 e. The Morgan fingerprint density at radius 3 is 2.24 bits per heavy atom. The first-order chi connectivity index (χ1) is 15.9. The molecule has 0 atom stereocenters. The van der Waals surface area contributed by atoms with E-state index in [0.29, 0.717) is 30.1 Å². The Hall–Kier alpha value is -3.34. The Labute approximate surface area is 195 Å². The van der Waals surface area contributed by atoms with Crippen molar-refractivity contribution >= 4 is 17.5 Å². The summed E-state index contributed by atoms with van der Waals surface area (Å²) in [4.78, 5) is 29.7. The van der Waals surface area contributed by atoms with E-state index in [-0.39, 0.29) is 18.4 Å². The number of anilines is 1. The zero-order valence-electron chi connectivity index (χ0n) is 19.6. The molecule has 4 rings (SSSR count). The molecule has 0 unspecified atom stereocenters. The quantitative estimate of drug-likeness (QED) is 0.498. The molecule has 0 aliphatic heterocycles. The predicted octanol–water partition coefficient (Wildman–Crippen LogP) is 6.13. The highest BCUT2D eigenvalue weighted by Crippen LogP contribution is 2.40. The number of furan rings is 1. The molecule has 3 aromatic rings. The molecule has 5 heteroatoms. The summed E-state index contributed by atoms with van der Waals surface area (Å²) in [7, 11) is 0. The largest absolute Gasteiger partial charge is 0.467 e. The maximum Gasteiger partial charge on any atom is 0.255 e. The van der Waals surface area contributed by atoms with Crippen LogP contribution in [-0.4, -0.2) is 22.3 Å². The van der Waals surface area contributed by atoms with Gasteiger partial charge in [0.15, 0.2) is 0 Å². The Bertz CT molecular complexity index is 1080. The van der Waals surface area contributed by atoms with E-state index in [0.717, 1.165) is 29.7 Å². The average molecular weight is 445 g/mol. The van der Waals surface area contributed by atoms with Crippen LogP contribution < -0.4 is 5.32 Å². The topological polar surface area (TPSA) is 62.6 Å². The fourth-order valence-electron chi connectivity index (χ4n) is 4.81. The van der Waals surface area contributed by atoms with Gasteiger partial charge >= 0.3 is 0 Å². The normalized spacial score (nSPS) is 20.3. The second kappa shape index (κ2) is 9.65. The Morgan fingerprint density at radius 1 is 0.970 bits per heavy atom. The molecule has 1 aromatic heterocycles. The van der Waals surface area contributed by atoms with Gasteiger partial charge in [-0.25, -0.2) is 0 Å². The highest BCUT2D eigenvalue weighted by molar-refractivity contribution is 6.04. The molecule has 0 bridgehead atoms. The molecule has 2 amide bonds. The number of hydrogen-bond donors (Lipinski definition) is 1. The lowest BCUT2D eigenvalue weighted by Crippen LogP contribution is -2.60. The van der Waals surface area contributed by atoms with Crippen LogP contribution in [0.5, 0.6) is 0 Å². The first kappa shape index (κ1) is 22.8. The number of carbonyl (C=O) groups excluding carboxylic acids is 2. The number of nitrogens with one attached hydrogen (secondary N) is 1. The number of nitrogens with zero attached hydrogens (tertiary/aromatic N) is 1. The van der Waals surface area contributed by atoms with E-state index < -0.39 is 5.54 Å². The summed E-state index contributed by atoms with van der Waals surface area (Å²) in [5, 5.41) is 3.21. The van der Waals surface area contributed by atoms with Crippen molar-refractivity contribution in [3.8, 4) is 0 Å². The van der Waals surface area contributed by atoms with E-state index in [2.05, 4.69) is 12.2 Å². The molecule has 2 aromatic carbocycles. The third kappa shape index (κ3) is 4.72. The minimum absolute atomic E-state index is 0.123. The Balaban J connectivity index is 1.77. The van der Waals surface area contributed by atoms with Gasteiger partial charge in [0.25, 0.3) is 5.91 Å². The van der Waals surface area contributed by atoms with E-state index in [1.165, 1.54) is 0 Å². The first-order valence-electron chi connectivity index (χ1n) is 11.7. The summed E-state index contributed by atoms with van der Waals surface area (Å²) < 4.78 is 5.62. The molecule has 0 spiro atoms. The van der Waals surface area contributed by atoms with Crippen LogP contribution in [0.15, 0.2) is 71.3 Å². The van der Waals surface area contributed by atoms with Crippen molar-refractivity contribution in [3.63, 3.8) is 0 Å². The maximum absolute atomic E-state index is 14.1. The van der Waals surface area contributed by atoms with E-state index in [9.17, 15) is 9.59 Å². The molecule has 0 radical (unpaired) electrons. The second-order valence-electron chi connectivity index (χ2n) is 9.27. The van der Waals surface area contributed by atoms with Crippen LogP contribution in [0, 0.1) is 19.8 Å². The summed E-state index contributed by atoms with van der Waals surface area (Å²) >= 11 is 0. The van der Waals surface area contributed by atoms with Gasteiger partial charge in [-0.2, -0.15) is 0 Å². The molecule has 1 fully saturated rings. The first-order valence-corrected chi connectivity index (χ1v) is 11.7. The standard InChI is InChI=1S/C28H32N2O3/c1-20-14-16-28(17-15-20,27(32)29-25-21(2)9-7-10-22(25)3)30(19-24-13-8-18-33-24)26(31)23-11-5-4-6-12-23/h4-13,18,20H,14-17,19H2,1-3H3,(H,29,32). The van der Waals surface area contributed by atoms with Crippen molar-refractivity contribution in [3.05, 3.63) is 89.4 Å². The lowest BCUT2D eigenvalue weighted by atomic mass is 9.74. The van der Waals surface area contributed by atoms with Crippen molar-refractivity contribution in [1.82, 2.24) is 4.90 Å². The molecule has 0 saturated heterocycles. The van der Waals surface area contributed by atoms with Gasteiger partial charge in [0.1, 0.15) is 11.3 Å². The minimum atomic E-state index is -0.957. The van der Waals surface area contributed by atoms with Gasteiger partial charge in [0.2, 0.25) is 5.91 Å². The van der Waals surface area contributed by atoms with Crippen LogP contribution in [-0.2, 0) is 11.3 Å². The van der Waals surface area contributed by atoms with E-state index in [1.807, 2.05) is 62.4 Å². The molecule has 1 heterocycles. The van der Waals surface area contributed by atoms with Crippen molar-refractivity contribution in [1.29, 1.82) is 0 Å². The van der Waals surface area contributed by atoms with Crippen LogP contribution in [0.2, 0.25) is 0 Å². The van der Waals surface area contributed by atoms with Gasteiger partial charge in [-0.1, -0.05) is 43.3 Å². The summed E-state index contributed by atoms with van der Waals surface area (Å²) in [5.41, 5.74) is 2.46. The van der Waals surface area contributed by atoms with Gasteiger partial charge in [-0.15, -0.1) is 0 Å². The molecule has 5 nitrogen and oxygen atoms in total. The summed E-state index contributed by atoms with van der Waals surface area (Å²) in [6, 6.07) is 18.8. The molecule has 1 N–H and O–H groups in total. The fourth-order valence-corrected chi connectivity index (χ4v) is 4.81. The highest BCUT2D eigenvalue weighted by atomic mass is 16.3. The number of rotatable bonds is 6. The summed E-state index contributed by atoms with van der Waals surface area (Å²) in [6.07, 6.45) is 4.61. The zero-order chi connectivity index (χ0) is 23.4. The number of amides is 2. The van der Waals surface area contributed by atoms with Gasteiger partial charge in [0.05, 0.1) is 12.8 Å². The third-order valence-electron chi connectivity index (χ3n) is 6.92. The van der Waals surface area contributed by atoms with Crippen molar-refractivity contribution in [2.24, 2.45) is 5.92 Å². The molecule has 33 heavy (non-hydrogen) atoms. The van der Waals surface area contributed by atoms with Gasteiger partial charge < -0.3 is 14.6 Å². The fraction of sp³-hybridized carbons (Fsp3) is 0.357. The number of hydrogen-bond acceptors (Lipinski definition) is 3. The molecule has 172 valence electrons. The van der Waals surface area contributed by atoms with Crippen molar-refractivity contribution in [2.75, 3.05) is 5.32 Å². The highest BCUT2D eigenvalue weighted by Gasteiger charge is 2.48. The zero-order valence-corrected chi connectivity index (χ0v) is 19.6. The summed E-state index contributed by atoms with van der Waals surface area (Å²) in [6.45, 7) is 6.44. The van der Waals surface area contributed by atoms with Crippen LogP contribution in [0.3, 0.4) is 0 Å². The maximum atomic E-state index is 14.1. The van der Waals surface area contributed by atoms with E-state index in [4.69, 9.17) is 4.42 Å². The molecular formula is C28H32N2O3. The molecule has 1 aliphatic rings. The van der Waals surface area contributed by atoms with Gasteiger partial charge in [0, 0.05) is 11.3 Å². The van der Waals surface area contributed by atoms with Crippen LogP contribution in [0.1, 0.15) is 59.9 Å². The van der Waals surface area contributed by atoms with Crippen LogP contribution in [0.25, 0.3) is 0 Å². The molecular weight excluding hydrogens is 412 g/mol. The van der Waals surface area contributed by atoms with Crippen molar-refractivity contribution in [2.45, 2.75) is 58.5 Å². The number of aryl methyl sites for hydroxylation is 2. The van der Waals surface area contributed by atoms with Crippen LogP contribution in [0.4, 0.5) is 5.69 Å². The Kier molecular flexibility index (Phi) is 6.68. The van der Waals surface area contributed by atoms with Gasteiger partial charge in [-0.05, 0) is 80.8 Å². The number of carbonyl (C=O) groups is 2.